The van der Waals surface area contributed by atoms with Crippen LogP contribution >= 0.6 is 24.2 Å². The number of aliphatic carboxylic acids is 1. The van der Waals surface area contributed by atoms with Crippen LogP contribution in [0.4, 0.5) is 5.69 Å². The molecule has 0 aliphatic carbocycles. The Hall–Kier alpha value is -1.40. The van der Waals surface area contributed by atoms with E-state index in [4.69, 9.17) is 0 Å². The zero-order valence-electron chi connectivity index (χ0n) is 11.9. The minimum atomic E-state index is -0.907. The molecule has 0 amide bonds. The molecule has 0 spiro atoms. The van der Waals surface area contributed by atoms with Crippen molar-refractivity contribution in [1.82, 2.24) is 0 Å². The number of anilines is 1. The molecular weight excluding hydrogens is 312 g/mol. The first-order valence-corrected chi connectivity index (χ1v) is 7.38. The van der Waals surface area contributed by atoms with Gasteiger partial charge in [0.25, 0.3) is 0 Å². The van der Waals surface area contributed by atoms with Crippen LogP contribution in [0.2, 0.25) is 0 Å². The molecule has 0 fully saturated rings. The molecule has 0 saturated carbocycles. The molecule has 1 heterocycles. The first kappa shape index (κ1) is 17.7. The van der Waals surface area contributed by atoms with E-state index >= 15 is 0 Å². The lowest BCUT2D eigenvalue weighted by atomic mass is 9.93. The number of aromatic hydroxyl groups is 1. The fraction of sp³-hybridized carbons (Fsp3) is 0.429. The number of hydrogen-bond acceptors (Lipinski definition) is 5. The number of amidine groups is 1. The second-order valence-electron chi connectivity index (χ2n) is 4.69. The van der Waals surface area contributed by atoms with E-state index in [-0.39, 0.29) is 18.2 Å². The number of carbonyl (C=O) groups is 1. The Morgan fingerprint density at radius 1 is 1.38 bits per heavy atom. The summed E-state index contributed by atoms with van der Waals surface area (Å²) >= 11 is 1.45. The van der Waals surface area contributed by atoms with E-state index in [9.17, 15) is 15.0 Å². The van der Waals surface area contributed by atoms with Gasteiger partial charge in [0.2, 0.25) is 0 Å². The number of rotatable bonds is 4. The number of aliphatic imine (C=N–C) groups is 1. The Morgan fingerprint density at radius 2 is 2.00 bits per heavy atom. The highest BCUT2D eigenvalue weighted by molar-refractivity contribution is 8.15. The molecule has 1 aromatic rings. The fourth-order valence-corrected chi connectivity index (χ4v) is 3.58. The third-order valence-corrected chi connectivity index (χ3v) is 5.23. The number of carboxylic acid groups (broad SMARTS) is 1. The smallest absolute Gasteiger partial charge is 0.330 e. The number of thioether (sulfide) groups is 1. The quantitative estimate of drug-likeness (QED) is 0.738. The maximum atomic E-state index is 11.4. The van der Waals surface area contributed by atoms with Crippen LogP contribution in [0.15, 0.2) is 29.3 Å². The molecule has 1 atom stereocenters. The van der Waals surface area contributed by atoms with Gasteiger partial charge in [0.05, 0.1) is 10.4 Å². The minimum Gasteiger partial charge on any atom is -0.506 e. The maximum Gasteiger partial charge on any atom is 0.330 e. The summed E-state index contributed by atoms with van der Waals surface area (Å²) in [4.78, 5) is 15.7. The van der Waals surface area contributed by atoms with Gasteiger partial charge in [-0.3, -0.25) is 0 Å². The minimum absolute atomic E-state index is 0. The molecule has 1 aliphatic rings. The molecule has 0 bridgehead atoms. The fourth-order valence-electron chi connectivity index (χ4n) is 2.32. The Balaban J connectivity index is 0.00000220. The zero-order chi connectivity index (χ0) is 14.8. The number of nitrogens with one attached hydrogen (secondary N) is 1. The lowest BCUT2D eigenvalue weighted by Crippen LogP contribution is -2.39. The zero-order valence-corrected chi connectivity index (χ0v) is 13.5. The molecular formula is C14H19ClN2O3S. The highest BCUT2D eigenvalue weighted by atomic mass is 35.5. The van der Waals surface area contributed by atoms with E-state index < -0.39 is 16.8 Å². The number of nitrogens with zero attached hydrogens (tertiary/aromatic N) is 1. The standard InChI is InChI=1S/C14H18N2O3S.ClH/c1-3-14(4-2)11(12(18)19)16-13(20-14)15-9-7-5-6-8-10(9)17;/h5-8,11,17H,3-4H2,1-2H3,(H,15,16)(H,18,19);1H. The lowest BCUT2D eigenvalue weighted by molar-refractivity contribution is -0.139. The SMILES string of the molecule is CCC1(CC)SC(Nc2ccccc2O)=NC1C(=O)O.Cl. The van der Waals surface area contributed by atoms with Crippen molar-refractivity contribution < 1.29 is 15.0 Å². The Kier molecular flexibility index (Phi) is 5.92. The Bertz CT molecular complexity index is 547. The normalized spacial score (nSPS) is 19.5. The van der Waals surface area contributed by atoms with Crippen LogP contribution in [-0.2, 0) is 4.79 Å². The topological polar surface area (TPSA) is 81.9 Å². The molecule has 3 N–H and O–H groups in total. The molecule has 21 heavy (non-hydrogen) atoms. The highest BCUT2D eigenvalue weighted by Gasteiger charge is 2.47. The lowest BCUT2D eigenvalue weighted by Gasteiger charge is -2.28. The second kappa shape index (κ2) is 7.04. The summed E-state index contributed by atoms with van der Waals surface area (Å²) in [5.74, 6) is -0.788. The summed E-state index contributed by atoms with van der Waals surface area (Å²) < 4.78 is -0.418. The second-order valence-corrected chi connectivity index (χ2v) is 6.09. The first-order valence-electron chi connectivity index (χ1n) is 6.57. The first-order chi connectivity index (χ1) is 9.52. The Labute approximate surface area is 134 Å². The number of carboxylic acids is 1. The van der Waals surface area contributed by atoms with Gasteiger partial charge in [0.1, 0.15) is 5.75 Å². The van der Waals surface area contributed by atoms with Crippen LogP contribution in [0.5, 0.6) is 5.75 Å². The maximum absolute atomic E-state index is 11.4. The predicted molar refractivity (Wildman–Crippen MR) is 88.7 cm³/mol. The number of hydrogen-bond donors (Lipinski definition) is 3. The third kappa shape index (κ3) is 3.44. The average molecular weight is 331 g/mol. The van der Waals surface area contributed by atoms with E-state index in [2.05, 4.69) is 10.3 Å². The van der Waals surface area contributed by atoms with Crippen LogP contribution in [0.25, 0.3) is 0 Å². The van der Waals surface area contributed by atoms with Gasteiger partial charge in [-0.2, -0.15) is 0 Å². The molecule has 0 saturated heterocycles. The largest absolute Gasteiger partial charge is 0.506 e. The van der Waals surface area contributed by atoms with Crippen LogP contribution in [0.1, 0.15) is 26.7 Å². The highest BCUT2D eigenvalue weighted by Crippen LogP contribution is 2.44. The van der Waals surface area contributed by atoms with Crippen molar-refractivity contribution in [1.29, 1.82) is 0 Å². The Morgan fingerprint density at radius 3 is 2.48 bits per heavy atom. The molecule has 1 aromatic carbocycles. The summed E-state index contributed by atoms with van der Waals surface area (Å²) in [5, 5.41) is 22.7. The van der Waals surface area contributed by atoms with E-state index in [0.717, 1.165) is 12.8 Å². The van der Waals surface area contributed by atoms with Crippen LogP contribution in [0, 0.1) is 0 Å². The molecule has 2 rings (SSSR count). The molecule has 7 heteroatoms. The predicted octanol–water partition coefficient (Wildman–Crippen LogP) is 3.34. The average Bonchev–Trinajstić information content (AvgIpc) is 2.81. The van der Waals surface area contributed by atoms with Gasteiger partial charge in [-0.1, -0.05) is 37.7 Å². The molecule has 1 aliphatic heterocycles. The summed E-state index contributed by atoms with van der Waals surface area (Å²) in [5.41, 5.74) is 0.533. The van der Waals surface area contributed by atoms with Gasteiger partial charge in [0.15, 0.2) is 11.2 Å². The number of benzene rings is 1. The van der Waals surface area contributed by atoms with Crippen molar-refractivity contribution in [3.63, 3.8) is 0 Å². The van der Waals surface area contributed by atoms with E-state index in [0.29, 0.717) is 10.9 Å². The molecule has 116 valence electrons. The van der Waals surface area contributed by atoms with Crippen molar-refractivity contribution in [2.24, 2.45) is 4.99 Å². The van der Waals surface area contributed by atoms with Gasteiger partial charge in [0, 0.05) is 0 Å². The third-order valence-electron chi connectivity index (χ3n) is 3.62. The molecule has 1 unspecified atom stereocenters. The number of phenolic OH excluding ortho intramolecular Hbond substituents is 1. The molecule has 5 nitrogen and oxygen atoms in total. The summed E-state index contributed by atoms with van der Waals surface area (Å²) in [6, 6.07) is 6.07. The van der Waals surface area contributed by atoms with E-state index in [1.165, 1.54) is 11.8 Å². The van der Waals surface area contributed by atoms with Crippen molar-refractivity contribution in [3.8, 4) is 5.75 Å². The van der Waals surface area contributed by atoms with Gasteiger partial charge in [-0.25, -0.2) is 9.79 Å². The molecule has 0 radical (unpaired) electrons. The summed E-state index contributed by atoms with van der Waals surface area (Å²) in [6.07, 6.45) is 1.45. The van der Waals surface area contributed by atoms with Crippen molar-refractivity contribution in [3.05, 3.63) is 24.3 Å². The van der Waals surface area contributed by atoms with E-state index in [1.807, 2.05) is 13.8 Å². The van der Waals surface area contributed by atoms with E-state index in [1.54, 1.807) is 24.3 Å². The summed E-state index contributed by atoms with van der Waals surface area (Å²) in [7, 11) is 0. The van der Waals surface area contributed by atoms with Crippen molar-refractivity contribution in [2.45, 2.75) is 37.5 Å². The van der Waals surface area contributed by atoms with Crippen molar-refractivity contribution in [2.75, 3.05) is 5.32 Å². The van der Waals surface area contributed by atoms with Crippen LogP contribution in [0.3, 0.4) is 0 Å². The van der Waals surface area contributed by atoms with Gasteiger partial charge >= 0.3 is 5.97 Å². The van der Waals surface area contributed by atoms with Gasteiger partial charge in [-0.15, -0.1) is 12.4 Å². The van der Waals surface area contributed by atoms with Gasteiger partial charge in [-0.05, 0) is 25.0 Å². The number of phenols is 1. The van der Waals surface area contributed by atoms with Crippen LogP contribution < -0.4 is 5.32 Å². The summed E-state index contributed by atoms with van der Waals surface area (Å²) in [6.45, 7) is 3.95. The number of para-hydroxylation sites is 2. The van der Waals surface area contributed by atoms with Crippen molar-refractivity contribution >= 4 is 41.0 Å². The van der Waals surface area contributed by atoms with Gasteiger partial charge < -0.3 is 15.5 Å². The van der Waals surface area contributed by atoms with Crippen LogP contribution in [-0.4, -0.2) is 32.1 Å². The number of halogens is 1. The molecule has 0 aromatic heterocycles. The monoisotopic (exact) mass is 330 g/mol.